The molecule has 0 aromatic heterocycles. The molecule has 0 bridgehead atoms. The van der Waals surface area contributed by atoms with Gasteiger partial charge in [-0.15, -0.1) is 0 Å². The van der Waals surface area contributed by atoms with Gasteiger partial charge in [0.1, 0.15) is 18.1 Å². The third kappa shape index (κ3) is 4.20. The van der Waals surface area contributed by atoms with Gasteiger partial charge in [0.15, 0.2) is 0 Å². The van der Waals surface area contributed by atoms with Gasteiger partial charge in [0, 0.05) is 5.02 Å². The van der Waals surface area contributed by atoms with Crippen LogP contribution in [0, 0.1) is 6.92 Å². The van der Waals surface area contributed by atoms with Crippen molar-refractivity contribution < 1.29 is 14.3 Å². The van der Waals surface area contributed by atoms with E-state index in [1.54, 1.807) is 19.1 Å². The Morgan fingerprint density at radius 3 is 2.88 bits per heavy atom. The second kappa shape index (κ2) is 7.27. The quantitative estimate of drug-likeness (QED) is 0.646. The monoisotopic (exact) mass is 350 g/mol. The number of halogens is 1. The van der Waals surface area contributed by atoms with E-state index in [9.17, 15) is 9.59 Å². The first-order valence-electron chi connectivity index (χ1n) is 7.24. The fourth-order valence-electron chi connectivity index (χ4n) is 2.03. The van der Waals surface area contributed by atoms with Crippen LogP contribution in [0.4, 0.5) is 4.79 Å². The molecule has 2 rings (SSSR count). The van der Waals surface area contributed by atoms with Gasteiger partial charge in [-0.05, 0) is 31.5 Å². The molecule has 1 aromatic rings. The molecule has 1 heterocycles. The largest absolute Gasteiger partial charge is 0.491 e. The van der Waals surface area contributed by atoms with Crippen molar-refractivity contribution in [1.82, 2.24) is 16.0 Å². The second-order valence-corrected chi connectivity index (χ2v) is 5.88. The number of aryl methyl sites for hydroxylation is 1. The maximum absolute atomic E-state index is 12.2. The first-order chi connectivity index (χ1) is 11.3. The normalized spacial score (nSPS) is 15.5. The predicted octanol–water partition coefficient (Wildman–Crippen LogP) is 1.53. The number of benzene rings is 1. The maximum Gasteiger partial charge on any atom is 0.323 e. The molecule has 7 nitrogen and oxygen atoms in total. The Balaban J connectivity index is 1.97. The highest BCUT2D eigenvalue weighted by Crippen LogP contribution is 2.22. The summed E-state index contributed by atoms with van der Waals surface area (Å²) in [5, 5.41) is 8.02. The zero-order valence-electron chi connectivity index (χ0n) is 13.4. The van der Waals surface area contributed by atoms with Crippen LogP contribution in [-0.2, 0) is 4.79 Å². The minimum atomic E-state index is -0.558. The number of rotatable bonds is 5. The third-order valence-corrected chi connectivity index (χ3v) is 3.58. The molecule has 0 fully saturated rings. The van der Waals surface area contributed by atoms with E-state index in [1.165, 1.54) is 0 Å². The number of nitrogens with two attached hydrogens (primary N) is 1. The highest BCUT2D eigenvalue weighted by atomic mass is 35.5. The van der Waals surface area contributed by atoms with Crippen LogP contribution >= 0.6 is 11.6 Å². The van der Waals surface area contributed by atoms with E-state index >= 15 is 0 Å². The summed E-state index contributed by atoms with van der Waals surface area (Å²) in [5.74, 6) is 0.133. The molecule has 0 aliphatic carbocycles. The van der Waals surface area contributed by atoms with Crippen molar-refractivity contribution in [2.24, 2.45) is 5.73 Å². The highest BCUT2D eigenvalue weighted by Gasteiger charge is 2.24. The fourth-order valence-corrected chi connectivity index (χ4v) is 2.19. The summed E-state index contributed by atoms with van der Waals surface area (Å²) < 4.78 is 5.67. The van der Waals surface area contributed by atoms with Crippen LogP contribution in [0.3, 0.4) is 0 Å². The van der Waals surface area contributed by atoms with Crippen molar-refractivity contribution in [2.75, 3.05) is 6.61 Å². The van der Waals surface area contributed by atoms with E-state index in [4.69, 9.17) is 22.1 Å². The van der Waals surface area contributed by atoms with E-state index in [0.29, 0.717) is 10.8 Å². The smallest absolute Gasteiger partial charge is 0.323 e. The van der Waals surface area contributed by atoms with Gasteiger partial charge >= 0.3 is 6.03 Å². The summed E-state index contributed by atoms with van der Waals surface area (Å²) in [5.41, 5.74) is 6.93. The van der Waals surface area contributed by atoms with Gasteiger partial charge in [0.05, 0.1) is 17.4 Å². The van der Waals surface area contributed by atoms with Gasteiger partial charge < -0.3 is 26.4 Å². The Kier molecular flexibility index (Phi) is 5.35. The van der Waals surface area contributed by atoms with Crippen LogP contribution in [0.15, 0.2) is 41.9 Å². The molecule has 0 radical (unpaired) electrons. The van der Waals surface area contributed by atoms with E-state index in [2.05, 4.69) is 22.5 Å². The first kappa shape index (κ1) is 17.7. The highest BCUT2D eigenvalue weighted by molar-refractivity contribution is 6.30. The number of urea groups is 1. The van der Waals surface area contributed by atoms with Crippen molar-refractivity contribution in [3.05, 3.63) is 52.5 Å². The van der Waals surface area contributed by atoms with Gasteiger partial charge in [0.2, 0.25) is 0 Å². The number of nitrogens with one attached hydrogen (secondary N) is 3. The van der Waals surface area contributed by atoms with Crippen LogP contribution in [0.1, 0.15) is 12.5 Å². The Morgan fingerprint density at radius 1 is 1.46 bits per heavy atom. The molecule has 8 heteroatoms. The number of amides is 3. The molecule has 24 heavy (non-hydrogen) atoms. The molecule has 3 amide bonds. The van der Waals surface area contributed by atoms with Crippen LogP contribution < -0.4 is 26.4 Å². The zero-order valence-corrected chi connectivity index (χ0v) is 14.2. The maximum atomic E-state index is 12.2. The molecule has 1 aliphatic rings. The van der Waals surface area contributed by atoms with Gasteiger partial charge in [-0.1, -0.05) is 24.2 Å². The van der Waals surface area contributed by atoms with E-state index < -0.39 is 11.9 Å². The molecule has 1 atom stereocenters. The molecular formula is C16H19ClN4O3. The van der Waals surface area contributed by atoms with Crippen molar-refractivity contribution >= 4 is 23.5 Å². The molecule has 1 aromatic carbocycles. The first-order valence-corrected chi connectivity index (χ1v) is 7.62. The van der Waals surface area contributed by atoms with Crippen LogP contribution in [0.25, 0.3) is 0 Å². The minimum Gasteiger partial charge on any atom is -0.491 e. The lowest BCUT2D eigenvalue weighted by atomic mass is 10.2. The standard InChI is InChI=1S/C16H19ClN4O3/c1-8-4-5-11(17)6-12(8)24-7-9(2)19-15(22)14-13(18)10(3)20-16(23)21-14/h4-6,9H,3,7,18H2,1-2H3,(H,19,22)(H2,20,21,23)/t9-/m1/s1. The second-order valence-electron chi connectivity index (χ2n) is 5.44. The molecule has 1 aliphatic heterocycles. The molecule has 0 saturated heterocycles. The minimum absolute atomic E-state index is 0.0328. The zero-order chi connectivity index (χ0) is 17.9. The lowest BCUT2D eigenvalue weighted by Gasteiger charge is -2.22. The summed E-state index contributed by atoms with van der Waals surface area (Å²) in [6.07, 6.45) is 0. The van der Waals surface area contributed by atoms with E-state index in [-0.39, 0.29) is 29.7 Å². The summed E-state index contributed by atoms with van der Waals surface area (Å²) in [6.45, 7) is 7.48. The van der Waals surface area contributed by atoms with Gasteiger partial charge in [-0.25, -0.2) is 4.79 Å². The number of hydrogen-bond donors (Lipinski definition) is 4. The van der Waals surface area contributed by atoms with E-state index in [1.807, 2.05) is 13.0 Å². The van der Waals surface area contributed by atoms with Gasteiger partial charge in [-0.2, -0.15) is 0 Å². The average molecular weight is 351 g/mol. The van der Waals surface area contributed by atoms with Crippen molar-refractivity contribution in [3.63, 3.8) is 0 Å². The molecule has 0 saturated carbocycles. The van der Waals surface area contributed by atoms with Crippen LogP contribution in [0.5, 0.6) is 5.75 Å². The summed E-state index contributed by atoms with van der Waals surface area (Å²) in [4.78, 5) is 23.6. The third-order valence-electron chi connectivity index (χ3n) is 3.34. The van der Waals surface area contributed by atoms with Crippen molar-refractivity contribution in [2.45, 2.75) is 19.9 Å². The molecule has 5 N–H and O–H groups in total. The molecule has 0 spiro atoms. The molecule has 0 unspecified atom stereocenters. The fraction of sp³-hybridized carbons (Fsp3) is 0.250. The predicted molar refractivity (Wildman–Crippen MR) is 91.3 cm³/mol. The van der Waals surface area contributed by atoms with E-state index in [0.717, 1.165) is 5.56 Å². The summed E-state index contributed by atoms with van der Waals surface area (Å²) in [7, 11) is 0. The lowest BCUT2D eigenvalue weighted by Crippen LogP contribution is -2.49. The summed E-state index contributed by atoms with van der Waals surface area (Å²) >= 11 is 5.94. The van der Waals surface area contributed by atoms with Crippen LogP contribution in [-0.4, -0.2) is 24.6 Å². The number of hydrogen-bond acceptors (Lipinski definition) is 4. The average Bonchev–Trinajstić information content (AvgIpc) is 2.51. The number of carbonyl (C=O) groups is 2. The number of carbonyl (C=O) groups excluding carboxylic acids is 2. The topological polar surface area (TPSA) is 105 Å². The van der Waals surface area contributed by atoms with Gasteiger partial charge in [0.25, 0.3) is 5.91 Å². The Labute approximate surface area is 144 Å². The summed E-state index contributed by atoms with van der Waals surface area (Å²) in [6, 6.07) is 4.46. The Hall–Kier alpha value is -2.67. The molecule has 128 valence electrons. The number of ether oxygens (including phenoxy) is 1. The van der Waals surface area contributed by atoms with Crippen LogP contribution in [0.2, 0.25) is 5.02 Å². The SMILES string of the molecule is C=C1NC(=O)NC(C(=O)N[C@H](C)COc2cc(Cl)ccc2C)=C1N. The van der Waals surface area contributed by atoms with Crippen molar-refractivity contribution in [3.8, 4) is 5.75 Å². The lowest BCUT2D eigenvalue weighted by molar-refractivity contribution is -0.118. The Morgan fingerprint density at radius 2 is 2.17 bits per heavy atom. The molecular weight excluding hydrogens is 332 g/mol. The Bertz CT molecular complexity index is 730. The van der Waals surface area contributed by atoms with Crippen molar-refractivity contribution in [1.29, 1.82) is 0 Å². The van der Waals surface area contributed by atoms with Gasteiger partial charge in [-0.3, -0.25) is 4.79 Å².